The molecular weight excluding hydrogens is 342 g/mol. The first-order chi connectivity index (χ1) is 11.5. The van der Waals surface area contributed by atoms with E-state index in [0.717, 1.165) is 21.6 Å². The van der Waals surface area contributed by atoms with Crippen LogP contribution in [0, 0.1) is 13.8 Å². The number of carbonyl (C=O) groups excluding carboxylic acids is 1. The summed E-state index contributed by atoms with van der Waals surface area (Å²) in [6, 6.07) is 15.8. The van der Waals surface area contributed by atoms with Gasteiger partial charge in [-0.05, 0) is 31.5 Å². The molecule has 1 heterocycles. The van der Waals surface area contributed by atoms with Gasteiger partial charge in [-0.1, -0.05) is 70.9 Å². The fraction of sp³-hybridized carbons (Fsp3) is 0.211. The lowest BCUT2D eigenvalue weighted by Crippen LogP contribution is -2.34. The summed E-state index contributed by atoms with van der Waals surface area (Å²) in [5.41, 5.74) is 3.27. The first-order valence-electron chi connectivity index (χ1n) is 7.64. The third-order valence-electron chi connectivity index (χ3n) is 3.92. The average Bonchev–Trinajstić information content (AvgIpc) is 2.76. The number of thioether (sulfide) groups is 1. The molecule has 0 spiro atoms. The Kier molecular flexibility index (Phi) is 4.99. The van der Waals surface area contributed by atoms with Crippen molar-refractivity contribution in [3.63, 3.8) is 0 Å². The Hall–Kier alpha value is -1.75. The largest absolute Gasteiger partial charge is 0.369 e. The molecule has 0 aromatic heterocycles. The maximum Gasteiger partial charge on any atom is 0.268 e. The zero-order valence-electron chi connectivity index (χ0n) is 13.5. The minimum absolute atomic E-state index is 0.0974. The number of amides is 1. The van der Waals surface area contributed by atoms with Gasteiger partial charge in [-0.15, -0.1) is 0 Å². The monoisotopic (exact) mass is 359 g/mol. The number of hydrogen-bond donors (Lipinski definition) is 1. The van der Waals surface area contributed by atoms with Crippen LogP contribution in [0.2, 0.25) is 0 Å². The summed E-state index contributed by atoms with van der Waals surface area (Å²) in [4.78, 5) is 15.2. The topological polar surface area (TPSA) is 40.5 Å². The summed E-state index contributed by atoms with van der Waals surface area (Å²) < 4.78 is 0. The van der Waals surface area contributed by atoms with E-state index < -0.39 is 6.23 Å². The fourth-order valence-electron chi connectivity index (χ4n) is 2.48. The number of halogens is 1. The van der Waals surface area contributed by atoms with Crippen LogP contribution in [-0.4, -0.2) is 22.1 Å². The quantitative estimate of drug-likeness (QED) is 0.889. The van der Waals surface area contributed by atoms with Crippen LogP contribution in [0.3, 0.4) is 0 Å². The Morgan fingerprint density at radius 3 is 2.17 bits per heavy atom. The molecule has 0 aliphatic carbocycles. The highest BCUT2D eigenvalue weighted by atomic mass is 35.5. The van der Waals surface area contributed by atoms with Gasteiger partial charge in [0.2, 0.25) is 0 Å². The fourth-order valence-corrected chi connectivity index (χ4v) is 3.73. The first kappa shape index (κ1) is 17.1. The predicted molar refractivity (Wildman–Crippen MR) is 97.7 cm³/mol. The molecule has 0 radical (unpaired) electrons. The normalized spacial score (nSPS) is 17.8. The van der Waals surface area contributed by atoms with E-state index in [1.54, 1.807) is 0 Å². The van der Waals surface area contributed by atoms with Crippen LogP contribution in [0.4, 0.5) is 0 Å². The molecule has 1 aliphatic heterocycles. The molecule has 3 nitrogen and oxygen atoms in total. The van der Waals surface area contributed by atoms with E-state index >= 15 is 0 Å². The standard InChI is InChI=1S/C19H18ClNO2S/c1-12-3-7-14(8-4-12)11-21-18(22)16(20)17(19(21)23)24-15-9-5-13(2)6-10-15/h3-10,19,23H,11H2,1-2H3/t19-/m0/s1. The summed E-state index contributed by atoms with van der Waals surface area (Å²) in [6.07, 6.45) is -1.02. The Morgan fingerprint density at radius 2 is 1.58 bits per heavy atom. The second kappa shape index (κ2) is 7.01. The summed E-state index contributed by atoms with van der Waals surface area (Å²) in [6.45, 7) is 4.35. The number of nitrogens with zero attached hydrogens (tertiary/aromatic N) is 1. The van der Waals surface area contributed by atoms with Crippen molar-refractivity contribution in [2.45, 2.75) is 31.5 Å². The molecule has 0 saturated carbocycles. The van der Waals surface area contributed by atoms with E-state index in [4.69, 9.17) is 11.6 Å². The summed E-state index contributed by atoms with van der Waals surface area (Å²) in [7, 11) is 0. The Balaban J connectivity index is 1.77. The van der Waals surface area contributed by atoms with Gasteiger partial charge in [0.25, 0.3) is 5.91 Å². The highest BCUT2D eigenvalue weighted by Crippen LogP contribution is 2.39. The van der Waals surface area contributed by atoms with Crippen LogP contribution in [-0.2, 0) is 11.3 Å². The van der Waals surface area contributed by atoms with Gasteiger partial charge in [-0.3, -0.25) is 4.79 Å². The average molecular weight is 360 g/mol. The predicted octanol–water partition coefficient (Wildman–Crippen LogP) is 4.21. The number of benzene rings is 2. The SMILES string of the molecule is Cc1ccc(CN2C(=O)C(Cl)=C(Sc3ccc(C)cc3)[C@@H]2O)cc1. The van der Waals surface area contributed by atoms with Gasteiger partial charge in [-0.25, -0.2) is 0 Å². The summed E-state index contributed by atoms with van der Waals surface area (Å²) in [5.74, 6) is -0.334. The van der Waals surface area contributed by atoms with Crippen molar-refractivity contribution in [1.29, 1.82) is 0 Å². The Labute approximate surface area is 150 Å². The molecule has 1 aliphatic rings. The molecule has 5 heteroatoms. The maximum atomic E-state index is 12.4. The van der Waals surface area contributed by atoms with Gasteiger partial charge < -0.3 is 10.0 Å². The molecule has 0 fully saturated rings. The van der Waals surface area contributed by atoms with E-state index in [2.05, 4.69) is 0 Å². The van der Waals surface area contributed by atoms with Crippen molar-refractivity contribution in [3.8, 4) is 0 Å². The van der Waals surface area contributed by atoms with Crippen LogP contribution < -0.4 is 0 Å². The minimum Gasteiger partial charge on any atom is -0.369 e. The minimum atomic E-state index is -1.02. The molecule has 1 atom stereocenters. The van der Waals surface area contributed by atoms with Crippen LogP contribution in [0.5, 0.6) is 0 Å². The van der Waals surface area contributed by atoms with Crippen molar-refractivity contribution in [1.82, 2.24) is 4.90 Å². The van der Waals surface area contributed by atoms with Crippen molar-refractivity contribution in [2.24, 2.45) is 0 Å². The highest BCUT2D eigenvalue weighted by molar-refractivity contribution is 8.03. The van der Waals surface area contributed by atoms with E-state index in [-0.39, 0.29) is 10.9 Å². The zero-order valence-corrected chi connectivity index (χ0v) is 15.1. The van der Waals surface area contributed by atoms with E-state index in [1.165, 1.54) is 16.7 Å². The second-order valence-electron chi connectivity index (χ2n) is 5.89. The number of aryl methyl sites for hydroxylation is 2. The molecule has 0 unspecified atom stereocenters. The molecule has 3 rings (SSSR count). The molecular formula is C19H18ClNO2S. The van der Waals surface area contributed by atoms with Crippen LogP contribution in [0.1, 0.15) is 16.7 Å². The van der Waals surface area contributed by atoms with Crippen molar-refractivity contribution in [3.05, 3.63) is 75.2 Å². The van der Waals surface area contributed by atoms with E-state index in [0.29, 0.717) is 11.4 Å². The number of carbonyl (C=O) groups is 1. The molecule has 0 saturated heterocycles. The molecule has 1 amide bonds. The number of rotatable bonds is 4. The van der Waals surface area contributed by atoms with E-state index in [1.807, 2.05) is 62.4 Å². The Morgan fingerprint density at radius 1 is 1.04 bits per heavy atom. The molecule has 1 N–H and O–H groups in total. The summed E-state index contributed by atoms with van der Waals surface area (Å²) in [5, 5.41) is 10.7. The lowest BCUT2D eigenvalue weighted by Gasteiger charge is -2.22. The Bertz CT molecular complexity index is 784. The molecule has 2 aromatic rings. The maximum absolute atomic E-state index is 12.4. The smallest absolute Gasteiger partial charge is 0.268 e. The van der Waals surface area contributed by atoms with Crippen molar-refractivity contribution in [2.75, 3.05) is 0 Å². The molecule has 2 aromatic carbocycles. The van der Waals surface area contributed by atoms with Gasteiger partial charge >= 0.3 is 0 Å². The number of aliphatic hydroxyl groups is 1. The third-order valence-corrected chi connectivity index (χ3v) is 5.54. The number of aliphatic hydroxyl groups excluding tert-OH is 1. The summed E-state index contributed by atoms with van der Waals surface area (Å²) >= 11 is 7.53. The van der Waals surface area contributed by atoms with Gasteiger partial charge in [0.1, 0.15) is 5.03 Å². The lowest BCUT2D eigenvalue weighted by molar-refractivity contribution is -0.132. The first-order valence-corrected chi connectivity index (χ1v) is 8.84. The zero-order chi connectivity index (χ0) is 17.3. The number of hydrogen-bond acceptors (Lipinski definition) is 3. The highest BCUT2D eigenvalue weighted by Gasteiger charge is 2.37. The van der Waals surface area contributed by atoms with Crippen LogP contribution in [0.25, 0.3) is 0 Å². The third kappa shape index (κ3) is 3.51. The van der Waals surface area contributed by atoms with Crippen LogP contribution >= 0.6 is 23.4 Å². The van der Waals surface area contributed by atoms with Crippen LogP contribution in [0.15, 0.2) is 63.4 Å². The van der Waals surface area contributed by atoms with Crippen molar-refractivity contribution < 1.29 is 9.90 Å². The van der Waals surface area contributed by atoms with Gasteiger partial charge in [0.05, 0.1) is 4.91 Å². The van der Waals surface area contributed by atoms with E-state index in [9.17, 15) is 9.90 Å². The molecule has 24 heavy (non-hydrogen) atoms. The molecule has 0 bridgehead atoms. The lowest BCUT2D eigenvalue weighted by atomic mass is 10.1. The molecule has 124 valence electrons. The van der Waals surface area contributed by atoms with Gasteiger partial charge in [0.15, 0.2) is 6.23 Å². The van der Waals surface area contributed by atoms with Gasteiger partial charge in [-0.2, -0.15) is 0 Å². The van der Waals surface area contributed by atoms with Gasteiger partial charge in [0, 0.05) is 11.4 Å². The van der Waals surface area contributed by atoms with Crippen molar-refractivity contribution >= 4 is 29.3 Å². The second-order valence-corrected chi connectivity index (χ2v) is 7.38.